The average molecular weight is 116 g/mol. The van der Waals surface area contributed by atoms with Crippen molar-refractivity contribution in [3.05, 3.63) is 0 Å². The van der Waals surface area contributed by atoms with Crippen LogP contribution in [0.2, 0.25) is 0 Å². The Hall–Kier alpha value is -1.10. The molecule has 1 heterocycles. The summed E-state index contributed by atoms with van der Waals surface area (Å²) in [4.78, 5) is 24.2. The second-order valence-corrected chi connectivity index (χ2v) is 1.37. The van der Waals surface area contributed by atoms with Gasteiger partial charge >= 0.3 is 5.97 Å². The van der Waals surface area contributed by atoms with E-state index in [0.717, 1.165) is 0 Å². The quantitative estimate of drug-likeness (QED) is 0.384. The predicted molar refractivity (Wildman–Crippen MR) is 22.2 cm³/mol. The molecule has 8 heavy (non-hydrogen) atoms. The van der Waals surface area contributed by atoms with Crippen molar-refractivity contribution in [2.75, 3.05) is 0 Å². The highest BCUT2D eigenvalue weighted by atomic mass is 16.7. The molecule has 5 nitrogen and oxygen atoms in total. The molecule has 1 aliphatic heterocycles. The molecule has 5 heteroatoms. The maximum absolute atomic E-state index is 10.1. The topological polar surface area (TPSA) is 81.4 Å². The molecule has 1 aliphatic rings. The van der Waals surface area contributed by atoms with Gasteiger partial charge in [0.05, 0.1) is 0 Å². The van der Waals surface area contributed by atoms with Crippen molar-refractivity contribution in [1.29, 1.82) is 0 Å². The van der Waals surface area contributed by atoms with Crippen molar-refractivity contribution >= 4 is 11.9 Å². The lowest BCUT2D eigenvalue weighted by atomic mass is 10.3. The summed E-state index contributed by atoms with van der Waals surface area (Å²) in [7, 11) is 0. The number of carbonyl (C=O) groups excluding carboxylic acids is 2. The number of hydroxylamine groups is 1. The summed E-state index contributed by atoms with van der Waals surface area (Å²) in [5.41, 5.74) is 6.76. The molecule has 0 aromatic heterocycles. The van der Waals surface area contributed by atoms with E-state index < -0.39 is 17.9 Å². The molecular weight excluding hydrogens is 112 g/mol. The molecule has 1 unspecified atom stereocenters. The van der Waals surface area contributed by atoms with E-state index in [4.69, 9.17) is 0 Å². The SMILES string of the molecule is NC(=O)C1NOC1=O. The minimum Gasteiger partial charge on any atom is -0.368 e. The molecule has 0 saturated carbocycles. The number of carbonyl (C=O) groups is 2. The van der Waals surface area contributed by atoms with E-state index in [-0.39, 0.29) is 0 Å². The van der Waals surface area contributed by atoms with Gasteiger partial charge in [0.2, 0.25) is 11.9 Å². The Kier molecular flexibility index (Phi) is 0.911. The molecule has 1 rings (SSSR count). The van der Waals surface area contributed by atoms with E-state index in [1.807, 2.05) is 0 Å². The minimum atomic E-state index is -0.921. The van der Waals surface area contributed by atoms with Crippen molar-refractivity contribution in [2.24, 2.45) is 5.73 Å². The lowest BCUT2D eigenvalue weighted by Crippen LogP contribution is -2.58. The van der Waals surface area contributed by atoms with E-state index in [1.165, 1.54) is 0 Å². The van der Waals surface area contributed by atoms with Crippen molar-refractivity contribution in [2.45, 2.75) is 6.04 Å². The van der Waals surface area contributed by atoms with Gasteiger partial charge in [0, 0.05) is 0 Å². The minimum absolute atomic E-state index is 0.613. The predicted octanol–water partition coefficient (Wildman–Crippen LogP) is -2.10. The molecule has 0 aliphatic carbocycles. The number of primary amides is 1. The van der Waals surface area contributed by atoms with Crippen molar-refractivity contribution < 1.29 is 14.4 Å². The third-order valence-electron chi connectivity index (χ3n) is 0.798. The molecule has 1 fully saturated rings. The van der Waals surface area contributed by atoms with Gasteiger partial charge in [-0.2, -0.15) is 0 Å². The third kappa shape index (κ3) is 0.526. The summed E-state index contributed by atoms with van der Waals surface area (Å²) in [6.07, 6.45) is 0. The molecule has 1 amide bonds. The summed E-state index contributed by atoms with van der Waals surface area (Å²) in [6, 6.07) is -0.921. The Morgan fingerprint density at radius 2 is 2.50 bits per heavy atom. The van der Waals surface area contributed by atoms with E-state index in [9.17, 15) is 9.59 Å². The number of hydrogen-bond acceptors (Lipinski definition) is 4. The van der Waals surface area contributed by atoms with Crippen LogP contribution in [0, 0.1) is 0 Å². The van der Waals surface area contributed by atoms with E-state index in [2.05, 4.69) is 16.1 Å². The summed E-state index contributed by atoms with van der Waals surface area (Å²) in [6.45, 7) is 0. The third-order valence-corrected chi connectivity index (χ3v) is 0.798. The van der Waals surface area contributed by atoms with Gasteiger partial charge in [0.1, 0.15) is 0 Å². The lowest BCUT2D eigenvalue weighted by molar-refractivity contribution is -0.181. The maximum atomic E-state index is 10.1. The number of nitrogens with one attached hydrogen (secondary N) is 1. The van der Waals surface area contributed by atoms with Crippen LogP contribution in [0.15, 0.2) is 0 Å². The zero-order chi connectivity index (χ0) is 6.15. The van der Waals surface area contributed by atoms with Gasteiger partial charge < -0.3 is 10.6 Å². The first-order chi connectivity index (χ1) is 3.72. The second kappa shape index (κ2) is 1.45. The second-order valence-electron chi connectivity index (χ2n) is 1.37. The average Bonchev–Trinajstić information content (AvgIpc) is 1.61. The number of hydrogen-bond donors (Lipinski definition) is 2. The maximum Gasteiger partial charge on any atom is 0.355 e. The fourth-order valence-corrected chi connectivity index (χ4v) is 0.340. The smallest absolute Gasteiger partial charge is 0.355 e. The van der Waals surface area contributed by atoms with Gasteiger partial charge in [-0.05, 0) is 0 Å². The van der Waals surface area contributed by atoms with Gasteiger partial charge in [-0.25, -0.2) is 4.79 Å². The van der Waals surface area contributed by atoms with Gasteiger partial charge in [-0.15, -0.1) is 5.48 Å². The zero-order valence-corrected chi connectivity index (χ0v) is 3.88. The first kappa shape index (κ1) is 5.04. The van der Waals surface area contributed by atoms with Crippen LogP contribution in [0.5, 0.6) is 0 Å². The Morgan fingerprint density at radius 1 is 1.88 bits per heavy atom. The summed E-state index contributed by atoms with van der Waals surface area (Å²) >= 11 is 0. The lowest BCUT2D eigenvalue weighted by Gasteiger charge is -2.21. The number of amides is 1. The van der Waals surface area contributed by atoms with Crippen LogP contribution < -0.4 is 11.2 Å². The molecule has 44 valence electrons. The van der Waals surface area contributed by atoms with Crippen LogP contribution in [-0.4, -0.2) is 17.9 Å². The Balaban J connectivity index is 2.49. The molecule has 0 spiro atoms. The van der Waals surface area contributed by atoms with Crippen molar-refractivity contribution in [3.8, 4) is 0 Å². The van der Waals surface area contributed by atoms with E-state index in [0.29, 0.717) is 0 Å². The summed E-state index contributed by atoms with van der Waals surface area (Å²) in [5, 5.41) is 0. The van der Waals surface area contributed by atoms with E-state index >= 15 is 0 Å². The van der Waals surface area contributed by atoms with E-state index in [1.54, 1.807) is 0 Å². The van der Waals surface area contributed by atoms with Crippen LogP contribution in [0.4, 0.5) is 0 Å². The molecule has 1 atom stereocenters. The van der Waals surface area contributed by atoms with Gasteiger partial charge in [0.25, 0.3) is 0 Å². The van der Waals surface area contributed by atoms with Crippen LogP contribution in [-0.2, 0) is 14.4 Å². The first-order valence-electron chi connectivity index (χ1n) is 1.97. The molecule has 0 aromatic rings. The highest BCUT2D eigenvalue weighted by Gasteiger charge is 2.35. The standard InChI is InChI=1S/C3H4N2O3/c4-2(6)1-3(7)8-5-1/h1,5H,(H2,4,6). The molecule has 1 saturated heterocycles. The number of rotatable bonds is 1. The van der Waals surface area contributed by atoms with Crippen LogP contribution in [0.25, 0.3) is 0 Å². The number of nitrogens with two attached hydrogens (primary N) is 1. The van der Waals surface area contributed by atoms with Crippen molar-refractivity contribution in [1.82, 2.24) is 5.48 Å². The monoisotopic (exact) mass is 116 g/mol. The van der Waals surface area contributed by atoms with Gasteiger partial charge in [-0.3, -0.25) is 4.79 Å². The zero-order valence-electron chi connectivity index (χ0n) is 3.88. The summed E-state index contributed by atoms with van der Waals surface area (Å²) < 4.78 is 0. The van der Waals surface area contributed by atoms with Gasteiger partial charge in [-0.1, -0.05) is 0 Å². The Labute approximate surface area is 44.7 Å². The largest absolute Gasteiger partial charge is 0.368 e. The normalized spacial score (nSPS) is 26.0. The van der Waals surface area contributed by atoms with Gasteiger partial charge in [0.15, 0.2) is 0 Å². The Bertz CT molecular complexity index is 135. The molecule has 3 N–H and O–H groups in total. The van der Waals surface area contributed by atoms with Crippen LogP contribution in [0.3, 0.4) is 0 Å². The fraction of sp³-hybridized carbons (Fsp3) is 0.333. The molecule has 0 radical (unpaired) electrons. The van der Waals surface area contributed by atoms with Crippen LogP contribution >= 0.6 is 0 Å². The molecular formula is C3H4N2O3. The molecule has 0 bridgehead atoms. The Morgan fingerprint density at radius 3 is 2.50 bits per heavy atom. The highest BCUT2D eigenvalue weighted by molar-refractivity contribution is 6.03. The first-order valence-corrected chi connectivity index (χ1v) is 1.97. The van der Waals surface area contributed by atoms with Crippen LogP contribution in [0.1, 0.15) is 0 Å². The van der Waals surface area contributed by atoms with Crippen molar-refractivity contribution in [3.63, 3.8) is 0 Å². The highest BCUT2D eigenvalue weighted by Crippen LogP contribution is 1.95. The summed E-state index contributed by atoms with van der Waals surface area (Å²) in [5.74, 6) is -1.32. The molecule has 0 aromatic carbocycles. The fourth-order valence-electron chi connectivity index (χ4n) is 0.340.